The summed E-state index contributed by atoms with van der Waals surface area (Å²) < 4.78 is 5.03. The SMILES string of the molecule is CC(C)(C)OC(=O)NNCC1CC1. The number of carbonyl (C=O) groups excluding carboxylic acids is 1. The van der Waals surface area contributed by atoms with E-state index in [-0.39, 0.29) is 0 Å². The van der Waals surface area contributed by atoms with Crippen molar-refractivity contribution in [2.24, 2.45) is 5.92 Å². The summed E-state index contributed by atoms with van der Waals surface area (Å²) in [5, 5.41) is 0. The molecule has 4 heteroatoms. The first-order valence-electron chi connectivity index (χ1n) is 4.69. The fraction of sp³-hybridized carbons (Fsp3) is 0.889. The molecule has 0 saturated heterocycles. The van der Waals surface area contributed by atoms with Gasteiger partial charge in [0, 0.05) is 6.54 Å². The van der Waals surface area contributed by atoms with Gasteiger partial charge in [0.15, 0.2) is 0 Å². The van der Waals surface area contributed by atoms with Crippen molar-refractivity contribution in [3.8, 4) is 0 Å². The van der Waals surface area contributed by atoms with Crippen molar-refractivity contribution in [3.05, 3.63) is 0 Å². The molecular formula is C9H18N2O2. The standard InChI is InChI=1S/C9H18N2O2/c1-9(2,3)13-8(12)11-10-6-7-4-5-7/h7,10H,4-6H2,1-3H3,(H,11,12). The second-order valence-corrected chi connectivity index (χ2v) is 4.45. The molecule has 1 aliphatic rings. The van der Waals surface area contributed by atoms with Crippen molar-refractivity contribution in [1.82, 2.24) is 10.9 Å². The maximum atomic E-state index is 11.1. The lowest BCUT2D eigenvalue weighted by Crippen LogP contribution is -2.41. The third kappa shape index (κ3) is 5.47. The third-order valence-electron chi connectivity index (χ3n) is 1.68. The fourth-order valence-corrected chi connectivity index (χ4v) is 0.893. The van der Waals surface area contributed by atoms with Crippen LogP contribution in [0.4, 0.5) is 4.79 Å². The maximum Gasteiger partial charge on any atom is 0.422 e. The number of nitrogens with one attached hydrogen (secondary N) is 2. The third-order valence-corrected chi connectivity index (χ3v) is 1.68. The summed E-state index contributed by atoms with van der Waals surface area (Å²) in [6, 6.07) is 0. The summed E-state index contributed by atoms with van der Waals surface area (Å²) in [5.74, 6) is 0.745. The quantitative estimate of drug-likeness (QED) is 0.655. The highest BCUT2D eigenvalue weighted by Gasteiger charge is 2.21. The lowest BCUT2D eigenvalue weighted by molar-refractivity contribution is 0.0497. The molecule has 1 rings (SSSR count). The van der Waals surface area contributed by atoms with Crippen molar-refractivity contribution in [1.29, 1.82) is 0 Å². The summed E-state index contributed by atoms with van der Waals surface area (Å²) in [6.07, 6.45) is 2.12. The number of rotatable bonds is 3. The van der Waals surface area contributed by atoms with Gasteiger partial charge >= 0.3 is 6.09 Å². The smallest absolute Gasteiger partial charge is 0.422 e. The second kappa shape index (κ2) is 3.96. The van der Waals surface area contributed by atoms with Gasteiger partial charge in [-0.15, -0.1) is 0 Å². The van der Waals surface area contributed by atoms with Gasteiger partial charge < -0.3 is 4.74 Å². The Morgan fingerprint density at radius 3 is 2.54 bits per heavy atom. The van der Waals surface area contributed by atoms with Gasteiger partial charge in [0.25, 0.3) is 0 Å². The van der Waals surface area contributed by atoms with Gasteiger partial charge in [-0.3, -0.25) is 5.43 Å². The van der Waals surface area contributed by atoms with E-state index in [0.717, 1.165) is 12.5 Å². The van der Waals surface area contributed by atoms with Crippen LogP contribution in [0.25, 0.3) is 0 Å². The number of hydrogen-bond donors (Lipinski definition) is 2. The molecule has 0 spiro atoms. The van der Waals surface area contributed by atoms with E-state index in [2.05, 4.69) is 10.9 Å². The molecule has 4 nitrogen and oxygen atoms in total. The van der Waals surface area contributed by atoms with Crippen molar-refractivity contribution < 1.29 is 9.53 Å². The van der Waals surface area contributed by atoms with Crippen LogP contribution in [-0.2, 0) is 4.74 Å². The van der Waals surface area contributed by atoms with Crippen molar-refractivity contribution >= 4 is 6.09 Å². The predicted octanol–water partition coefficient (Wildman–Crippen LogP) is 1.43. The molecule has 1 saturated carbocycles. The average Bonchev–Trinajstić information content (AvgIpc) is 2.66. The molecule has 0 aromatic rings. The van der Waals surface area contributed by atoms with Crippen LogP contribution in [0.3, 0.4) is 0 Å². The molecule has 0 aliphatic heterocycles. The predicted molar refractivity (Wildman–Crippen MR) is 50.1 cm³/mol. The van der Waals surface area contributed by atoms with E-state index in [1.165, 1.54) is 12.8 Å². The zero-order chi connectivity index (χ0) is 9.90. The van der Waals surface area contributed by atoms with Gasteiger partial charge in [-0.25, -0.2) is 10.2 Å². The van der Waals surface area contributed by atoms with Crippen molar-refractivity contribution in [3.63, 3.8) is 0 Å². The molecule has 1 fully saturated rings. The van der Waals surface area contributed by atoms with Gasteiger partial charge in [-0.05, 0) is 39.5 Å². The molecule has 1 aliphatic carbocycles. The number of amides is 1. The van der Waals surface area contributed by atoms with Gasteiger partial charge in [0.05, 0.1) is 0 Å². The van der Waals surface area contributed by atoms with Crippen molar-refractivity contribution in [2.45, 2.75) is 39.2 Å². The Morgan fingerprint density at radius 2 is 2.08 bits per heavy atom. The molecule has 0 bridgehead atoms. The molecular weight excluding hydrogens is 168 g/mol. The first kappa shape index (κ1) is 10.3. The van der Waals surface area contributed by atoms with Crippen LogP contribution in [0.2, 0.25) is 0 Å². The van der Waals surface area contributed by atoms with Crippen LogP contribution in [0.15, 0.2) is 0 Å². The Morgan fingerprint density at radius 1 is 1.46 bits per heavy atom. The Balaban J connectivity index is 2.02. The first-order chi connectivity index (χ1) is 5.97. The molecule has 1 amide bonds. The van der Waals surface area contributed by atoms with Crippen LogP contribution in [0.5, 0.6) is 0 Å². The molecule has 2 N–H and O–H groups in total. The molecule has 0 heterocycles. The Bertz CT molecular complexity index is 183. The molecule has 76 valence electrons. The maximum absolute atomic E-state index is 11.1. The topological polar surface area (TPSA) is 50.4 Å². The van der Waals surface area contributed by atoms with Crippen LogP contribution in [-0.4, -0.2) is 18.2 Å². The number of hydrogen-bond acceptors (Lipinski definition) is 3. The second-order valence-electron chi connectivity index (χ2n) is 4.45. The number of carbonyl (C=O) groups is 1. The lowest BCUT2D eigenvalue weighted by atomic mass is 10.2. The summed E-state index contributed by atoms with van der Waals surface area (Å²) in [5.41, 5.74) is 4.92. The Hall–Kier alpha value is -0.770. The van der Waals surface area contributed by atoms with Crippen LogP contribution in [0, 0.1) is 5.92 Å². The first-order valence-corrected chi connectivity index (χ1v) is 4.69. The minimum Gasteiger partial charge on any atom is -0.443 e. The highest BCUT2D eigenvalue weighted by molar-refractivity contribution is 5.66. The summed E-state index contributed by atoms with van der Waals surface area (Å²) in [7, 11) is 0. The van der Waals surface area contributed by atoms with Gasteiger partial charge in [0.2, 0.25) is 0 Å². The van der Waals surface area contributed by atoms with Gasteiger partial charge in [-0.2, -0.15) is 0 Å². The van der Waals surface area contributed by atoms with Crippen LogP contribution >= 0.6 is 0 Å². The number of ether oxygens (including phenoxy) is 1. The molecule has 13 heavy (non-hydrogen) atoms. The number of hydrazine groups is 1. The van der Waals surface area contributed by atoms with Gasteiger partial charge in [0.1, 0.15) is 5.60 Å². The fourth-order valence-electron chi connectivity index (χ4n) is 0.893. The monoisotopic (exact) mass is 186 g/mol. The van der Waals surface area contributed by atoms with E-state index in [1.807, 2.05) is 20.8 Å². The van der Waals surface area contributed by atoms with E-state index in [4.69, 9.17) is 4.74 Å². The highest BCUT2D eigenvalue weighted by Crippen LogP contribution is 2.27. The summed E-state index contributed by atoms with van der Waals surface area (Å²) >= 11 is 0. The van der Waals surface area contributed by atoms with E-state index < -0.39 is 11.7 Å². The summed E-state index contributed by atoms with van der Waals surface area (Å²) in [4.78, 5) is 11.1. The molecule has 0 aromatic heterocycles. The molecule has 0 aromatic carbocycles. The average molecular weight is 186 g/mol. The van der Waals surface area contributed by atoms with Crippen molar-refractivity contribution in [2.75, 3.05) is 6.54 Å². The van der Waals surface area contributed by atoms with Crippen LogP contribution < -0.4 is 10.9 Å². The van der Waals surface area contributed by atoms with E-state index in [0.29, 0.717) is 0 Å². The van der Waals surface area contributed by atoms with E-state index in [1.54, 1.807) is 0 Å². The Labute approximate surface area is 79.0 Å². The normalized spacial score (nSPS) is 16.8. The molecule has 0 radical (unpaired) electrons. The van der Waals surface area contributed by atoms with Gasteiger partial charge in [-0.1, -0.05) is 0 Å². The molecule has 0 unspecified atom stereocenters. The zero-order valence-corrected chi connectivity index (χ0v) is 8.52. The lowest BCUT2D eigenvalue weighted by Gasteiger charge is -2.19. The highest BCUT2D eigenvalue weighted by atomic mass is 16.6. The Kier molecular flexibility index (Phi) is 3.14. The minimum atomic E-state index is -0.425. The van der Waals surface area contributed by atoms with E-state index in [9.17, 15) is 4.79 Å². The van der Waals surface area contributed by atoms with E-state index >= 15 is 0 Å². The minimum absolute atomic E-state index is 0.409. The summed E-state index contributed by atoms with van der Waals surface area (Å²) in [6.45, 7) is 6.37. The zero-order valence-electron chi connectivity index (χ0n) is 8.52. The van der Waals surface area contributed by atoms with Crippen LogP contribution in [0.1, 0.15) is 33.6 Å². The molecule has 0 atom stereocenters. The largest absolute Gasteiger partial charge is 0.443 e.